The van der Waals surface area contributed by atoms with Crippen molar-refractivity contribution in [3.63, 3.8) is 0 Å². The maximum atomic E-state index is 11.3. The lowest BCUT2D eigenvalue weighted by atomic mass is 10.1. The maximum absolute atomic E-state index is 11.3. The lowest BCUT2D eigenvalue weighted by molar-refractivity contribution is -0.141. The van der Waals surface area contributed by atoms with Crippen LogP contribution in [0.3, 0.4) is 0 Å². The second-order valence-corrected chi connectivity index (χ2v) is 3.29. The molecule has 0 saturated heterocycles. The van der Waals surface area contributed by atoms with Gasteiger partial charge in [0, 0.05) is 6.42 Å². The molecule has 0 fully saturated rings. The Balaban J connectivity index is 2.40. The van der Waals surface area contributed by atoms with Crippen molar-refractivity contribution in [3.8, 4) is 0 Å². The number of carbonyl (C=O) groups excluding carboxylic acids is 2. The van der Waals surface area contributed by atoms with Gasteiger partial charge in [-0.2, -0.15) is 0 Å². The zero-order valence-electron chi connectivity index (χ0n) is 9.18. The van der Waals surface area contributed by atoms with Gasteiger partial charge in [0.15, 0.2) is 5.78 Å². The molecule has 0 saturated carbocycles. The summed E-state index contributed by atoms with van der Waals surface area (Å²) < 4.78 is 4.45. The van der Waals surface area contributed by atoms with E-state index in [1.54, 1.807) is 6.08 Å². The van der Waals surface area contributed by atoms with E-state index in [0.29, 0.717) is 0 Å². The zero-order valence-corrected chi connectivity index (χ0v) is 9.18. The molecule has 0 aliphatic heterocycles. The lowest BCUT2D eigenvalue weighted by Gasteiger charge is -1.95. The number of carbonyl (C=O) groups is 2. The quantitative estimate of drug-likeness (QED) is 0.562. The van der Waals surface area contributed by atoms with Crippen molar-refractivity contribution in [2.45, 2.75) is 12.8 Å². The van der Waals surface area contributed by atoms with E-state index in [9.17, 15) is 9.59 Å². The molecule has 1 aromatic rings. The average molecular weight is 218 g/mol. The first-order chi connectivity index (χ1) is 7.72. The molecule has 1 aromatic carbocycles. The minimum absolute atomic E-state index is 0.0748. The number of rotatable bonds is 5. The number of hydrogen-bond donors (Lipinski definition) is 0. The van der Waals surface area contributed by atoms with Crippen LogP contribution < -0.4 is 0 Å². The predicted molar refractivity (Wildman–Crippen MR) is 61.7 cm³/mol. The van der Waals surface area contributed by atoms with Crippen LogP contribution in [-0.2, 0) is 14.3 Å². The Labute approximate surface area is 94.7 Å². The summed E-state index contributed by atoms with van der Waals surface area (Å²) in [6.45, 7) is 0. The fourth-order valence-electron chi connectivity index (χ4n) is 1.16. The topological polar surface area (TPSA) is 43.4 Å². The van der Waals surface area contributed by atoms with E-state index in [-0.39, 0.29) is 24.6 Å². The molecule has 0 atom stereocenters. The largest absolute Gasteiger partial charge is 0.469 e. The van der Waals surface area contributed by atoms with Crippen molar-refractivity contribution >= 4 is 17.8 Å². The van der Waals surface area contributed by atoms with Crippen LogP contribution in [0.5, 0.6) is 0 Å². The van der Waals surface area contributed by atoms with Gasteiger partial charge in [0.25, 0.3) is 0 Å². The predicted octanol–water partition coefficient (Wildman–Crippen LogP) is 2.22. The molecule has 1 rings (SSSR count). The molecule has 84 valence electrons. The van der Waals surface area contributed by atoms with Crippen LogP contribution in [0.4, 0.5) is 0 Å². The Kier molecular flexibility index (Phi) is 4.99. The van der Waals surface area contributed by atoms with Crippen molar-refractivity contribution in [1.29, 1.82) is 0 Å². The Morgan fingerprint density at radius 3 is 2.50 bits per heavy atom. The molecular weight excluding hydrogens is 204 g/mol. The highest BCUT2D eigenvalue weighted by Crippen LogP contribution is 2.02. The lowest BCUT2D eigenvalue weighted by Crippen LogP contribution is -2.03. The second-order valence-electron chi connectivity index (χ2n) is 3.29. The van der Waals surface area contributed by atoms with Gasteiger partial charge in [0.1, 0.15) is 0 Å². The van der Waals surface area contributed by atoms with Crippen LogP contribution >= 0.6 is 0 Å². The van der Waals surface area contributed by atoms with Crippen LogP contribution in [0, 0.1) is 0 Å². The zero-order chi connectivity index (χ0) is 11.8. The van der Waals surface area contributed by atoms with E-state index in [2.05, 4.69) is 4.74 Å². The third-order valence-corrected chi connectivity index (χ3v) is 2.06. The molecular formula is C13H14O3. The van der Waals surface area contributed by atoms with Gasteiger partial charge in [0.05, 0.1) is 13.5 Å². The smallest absolute Gasteiger partial charge is 0.305 e. The Bertz CT molecular complexity index is 379. The molecule has 0 aromatic heterocycles. The van der Waals surface area contributed by atoms with Crippen molar-refractivity contribution in [2.75, 3.05) is 7.11 Å². The molecule has 0 aliphatic carbocycles. The Morgan fingerprint density at radius 2 is 1.88 bits per heavy atom. The highest BCUT2D eigenvalue weighted by molar-refractivity contribution is 5.95. The molecule has 0 radical (unpaired) electrons. The summed E-state index contributed by atoms with van der Waals surface area (Å²) in [4.78, 5) is 22.1. The summed E-state index contributed by atoms with van der Waals surface area (Å²) in [6.07, 6.45) is 3.54. The second kappa shape index (κ2) is 6.56. The molecule has 0 spiro atoms. The summed E-state index contributed by atoms with van der Waals surface area (Å²) in [5.74, 6) is -0.435. The first-order valence-corrected chi connectivity index (χ1v) is 5.05. The summed E-state index contributed by atoms with van der Waals surface area (Å²) in [7, 11) is 1.31. The van der Waals surface area contributed by atoms with E-state index in [4.69, 9.17) is 0 Å². The number of hydrogen-bond acceptors (Lipinski definition) is 3. The summed E-state index contributed by atoms with van der Waals surface area (Å²) >= 11 is 0. The summed E-state index contributed by atoms with van der Waals surface area (Å²) in [5, 5.41) is 0. The van der Waals surface area contributed by atoms with Crippen molar-refractivity contribution in [1.82, 2.24) is 0 Å². The number of benzene rings is 1. The van der Waals surface area contributed by atoms with Crippen molar-refractivity contribution in [2.24, 2.45) is 0 Å². The summed E-state index contributed by atoms with van der Waals surface area (Å²) in [5.41, 5.74) is 0.967. The van der Waals surface area contributed by atoms with Crippen molar-refractivity contribution in [3.05, 3.63) is 42.0 Å². The fraction of sp³-hybridized carbons (Fsp3) is 0.231. The van der Waals surface area contributed by atoms with Crippen LogP contribution in [0.15, 0.2) is 36.4 Å². The molecule has 0 amide bonds. The van der Waals surface area contributed by atoms with E-state index < -0.39 is 0 Å². The van der Waals surface area contributed by atoms with E-state index in [1.807, 2.05) is 30.3 Å². The highest BCUT2D eigenvalue weighted by Gasteiger charge is 2.03. The third-order valence-electron chi connectivity index (χ3n) is 2.06. The molecule has 0 heterocycles. The van der Waals surface area contributed by atoms with E-state index in [1.165, 1.54) is 13.2 Å². The summed E-state index contributed by atoms with van der Waals surface area (Å²) in [6, 6.07) is 9.53. The van der Waals surface area contributed by atoms with Gasteiger partial charge in [-0.3, -0.25) is 9.59 Å². The highest BCUT2D eigenvalue weighted by atomic mass is 16.5. The monoisotopic (exact) mass is 218 g/mol. The van der Waals surface area contributed by atoms with Gasteiger partial charge < -0.3 is 4.74 Å². The van der Waals surface area contributed by atoms with Gasteiger partial charge in [-0.1, -0.05) is 36.4 Å². The van der Waals surface area contributed by atoms with Crippen LogP contribution in [0.25, 0.3) is 6.08 Å². The van der Waals surface area contributed by atoms with Crippen LogP contribution in [0.1, 0.15) is 18.4 Å². The molecule has 0 bridgehead atoms. The van der Waals surface area contributed by atoms with Gasteiger partial charge in [-0.15, -0.1) is 0 Å². The molecule has 16 heavy (non-hydrogen) atoms. The van der Waals surface area contributed by atoms with Gasteiger partial charge in [-0.25, -0.2) is 0 Å². The Morgan fingerprint density at radius 1 is 1.19 bits per heavy atom. The molecule has 0 N–H and O–H groups in total. The van der Waals surface area contributed by atoms with E-state index in [0.717, 1.165) is 5.56 Å². The molecule has 0 unspecified atom stereocenters. The number of ether oxygens (including phenoxy) is 1. The molecule has 3 nitrogen and oxygen atoms in total. The molecule has 0 aliphatic rings. The molecule has 3 heteroatoms. The van der Waals surface area contributed by atoms with Crippen molar-refractivity contribution < 1.29 is 14.3 Å². The average Bonchev–Trinajstić information content (AvgIpc) is 2.34. The van der Waals surface area contributed by atoms with E-state index >= 15 is 0 Å². The number of ketones is 1. The Hall–Kier alpha value is -1.90. The minimum atomic E-state index is -0.360. The van der Waals surface area contributed by atoms with Gasteiger partial charge in [0.2, 0.25) is 0 Å². The first kappa shape index (κ1) is 12.2. The fourth-order valence-corrected chi connectivity index (χ4v) is 1.16. The number of methoxy groups -OCH3 is 1. The standard InChI is InChI=1S/C13H14O3/c1-16-13(15)10-9-12(14)8-7-11-5-3-2-4-6-11/h2-8H,9-10H2,1H3. The van der Waals surface area contributed by atoms with Gasteiger partial charge in [-0.05, 0) is 11.6 Å². The SMILES string of the molecule is COC(=O)CCC(=O)C=Cc1ccccc1. The number of esters is 1. The van der Waals surface area contributed by atoms with Crippen LogP contribution in [0.2, 0.25) is 0 Å². The van der Waals surface area contributed by atoms with Gasteiger partial charge >= 0.3 is 5.97 Å². The maximum Gasteiger partial charge on any atom is 0.305 e. The van der Waals surface area contributed by atoms with Crippen LogP contribution in [-0.4, -0.2) is 18.9 Å². The number of allylic oxidation sites excluding steroid dienone is 1. The first-order valence-electron chi connectivity index (χ1n) is 5.05. The normalized spacial score (nSPS) is 10.3. The third kappa shape index (κ3) is 4.55. The minimum Gasteiger partial charge on any atom is -0.469 e.